The fraction of sp³-hybridized carbons (Fsp3) is 0.533. The number of hydrogen-bond donors (Lipinski definition) is 2. The van der Waals surface area contributed by atoms with Gasteiger partial charge in [0.1, 0.15) is 5.75 Å². The summed E-state index contributed by atoms with van der Waals surface area (Å²) in [5.41, 5.74) is 3.30. The maximum Gasteiger partial charge on any atom is 0.274 e. The van der Waals surface area contributed by atoms with Gasteiger partial charge in [-0.3, -0.25) is 10.2 Å². The van der Waals surface area contributed by atoms with Gasteiger partial charge >= 0.3 is 0 Å². The van der Waals surface area contributed by atoms with Crippen molar-refractivity contribution in [2.45, 2.75) is 52.1 Å². The van der Waals surface area contributed by atoms with Gasteiger partial charge in [-0.05, 0) is 30.4 Å². The summed E-state index contributed by atoms with van der Waals surface area (Å²) in [7, 11) is 0. The number of para-hydroxylation sites is 1. The van der Waals surface area contributed by atoms with Gasteiger partial charge in [-0.15, -0.1) is 0 Å². The summed E-state index contributed by atoms with van der Waals surface area (Å²) >= 11 is 0. The number of amides is 1. The Morgan fingerprint density at radius 1 is 1.37 bits per heavy atom. The lowest BCUT2D eigenvalue weighted by molar-refractivity contribution is -0.128. The minimum atomic E-state index is -0.528. The molecule has 1 rings (SSSR count). The van der Waals surface area contributed by atoms with E-state index in [0.29, 0.717) is 12.3 Å². The first kappa shape index (κ1) is 15.5. The Morgan fingerprint density at radius 2 is 2.05 bits per heavy atom. The van der Waals surface area contributed by atoms with Crippen LogP contribution in [0.1, 0.15) is 51.5 Å². The van der Waals surface area contributed by atoms with E-state index < -0.39 is 6.10 Å². The zero-order valence-corrected chi connectivity index (χ0v) is 12.0. The minimum Gasteiger partial charge on any atom is -0.480 e. The molecule has 0 saturated heterocycles. The van der Waals surface area contributed by atoms with Crippen molar-refractivity contribution in [1.29, 1.82) is 0 Å². The largest absolute Gasteiger partial charge is 0.480 e. The molecule has 0 aliphatic heterocycles. The molecule has 1 aromatic carbocycles. The second kappa shape index (κ2) is 7.79. The molecule has 19 heavy (non-hydrogen) atoms. The van der Waals surface area contributed by atoms with Crippen LogP contribution in [-0.2, 0) is 4.79 Å². The molecule has 0 aromatic heterocycles. The third-order valence-corrected chi connectivity index (χ3v) is 3.32. The molecule has 0 fully saturated rings. The Balaban J connectivity index is 2.92. The zero-order valence-electron chi connectivity index (χ0n) is 12.0. The van der Waals surface area contributed by atoms with E-state index in [1.54, 1.807) is 0 Å². The Labute approximate surface area is 115 Å². The summed E-state index contributed by atoms with van der Waals surface area (Å²) in [4.78, 5) is 11.7. The van der Waals surface area contributed by atoms with Gasteiger partial charge in [-0.25, -0.2) is 5.84 Å². The van der Waals surface area contributed by atoms with E-state index in [1.165, 1.54) is 0 Å². The molecule has 0 aliphatic rings. The van der Waals surface area contributed by atoms with Crippen molar-refractivity contribution in [2.75, 3.05) is 0 Å². The van der Waals surface area contributed by atoms with Crippen molar-refractivity contribution in [1.82, 2.24) is 5.43 Å². The molecule has 3 N–H and O–H groups in total. The second-order valence-corrected chi connectivity index (χ2v) is 4.75. The minimum absolute atomic E-state index is 0.277. The average Bonchev–Trinajstić information content (AvgIpc) is 2.45. The molecule has 4 heteroatoms. The van der Waals surface area contributed by atoms with Crippen LogP contribution in [0.5, 0.6) is 5.75 Å². The first-order valence-corrected chi connectivity index (χ1v) is 6.90. The van der Waals surface area contributed by atoms with Gasteiger partial charge in [0.2, 0.25) is 0 Å². The van der Waals surface area contributed by atoms with Crippen molar-refractivity contribution < 1.29 is 9.53 Å². The van der Waals surface area contributed by atoms with Gasteiger partial charge in [0.15, 0.2) is 6.10 Å². The highest BCUT2D eigenvalue weighted by Crippen LogP contribution is 2.29. The van der Waals surface area contributed by atoms with Gasteiger partial charge in [0.05, 0.1) is 0 Å². The van der Waals surface area contributed by atoms with Gasteiger partial charge in [0.25, 0.3) is 5.91 Å². The number of benzene rings is 1. The lowest BCUT2D eigenvalue weighted by Gasteiger charge is -2.21. The highest BCUT2D eigenvalue weighted by Gasteiger charge is 2.20. The lowest BCUT2D eigenvalue weighted by atomic mass is 9.97. The smallest absolute Gasteiger partial charge is 0.274 e. The van der Waals surface area contributed by atoms with Crippen molar-refractivity contribution in [2.24, 2.45) is 5.84 Å². The van der Waals surface area contributed by atoms with E-state index in [-0.39, 0.29) is 5.91 Å². The summed E-state index contributed by atoms with van der Waals surface area (Å²) in [5, 5.41) is 0. The monoisotopic (exact) mass is 264 g/mol. The van der Waals surface area contributed by atoms with E-state index >= 15 is 0 Å². The van der Waals surface area contributed by atoms with Crippen LogP contribution in [0.3, 0.4) is 0 Å². The van der Waals surface area contributed by atoms with Crippen molar-refractivity contribution in [3.05, 3.63) is 29.8 Å². The summed E-state index contributed by atoms with van der Waals surface area (Å²) in [6.07, 6.45) is 2.02. The second-order valence-electron chi connectivity index (χ2n) is 4.75. The average molecular weight is 264 g/mol. The summed E-state index contributed by atoms with van der Waals surface area (Å²) in [6, 6.07) is 7.87. The van der Waals surface area contributed by atoms with E-state index in [1.807, 2.05) is 31.2 Å². The first-order valence-electron chi connectivity index (χ1n) is 6.90. The normalized spacial score (nSPS) is 13.7. The van der Waals surface area contributed by atoms with Crippen LogP contribution in [-0.4, -0.2) is 12.0 Å². The fourth-order valence-corrected chi connectivity index (χ4v) is 1.97. The summed E-state index contributed by atoms with van der Waals surface area (Å²) in [6.45, 7) is 6.30. The van der Waals surface area contributed by atoms with E-state index in [0.717, 1.165) is 24.2 Å². The standard InChI is InChI=1S/C15H24N2O2/c1-4-8-14(15(18)17-16)19-13-10-7-6-9-12(13)11(3)5-2/h6-7,9-11,14H,4-5,8,16H2,1-3H3,(H,17,18). The van der Waals surface area contributed by atoms with Gasteiger partial charge in [0, 0.05) is 0 Å². The third kappa shape index (κ3) is 4.24. The van der Waals surface area contributed by atoms with Gasteiger partial charge in [-0.1, -0.05) is 45.4 Å². The SMILES string of the molecule is CCCC(Oc1ccccc1C(C)CC)C(=O)NN. The Morgan fingerprint density at radius 3 is 2.63 bits per heavy atom. The Bertz CT molecular complexity index is 407. The number of nitrogens with two attached hydrogens (primary N) is 1. The number of carbonyl (C=O) groups is 1. The van der Waals surface area contributed by atoms with Crippen LogP contribution < -0.4 is 16.0 Å². The molecule has 0 saturated carbocycles. The molecular weight excluding hydrogens is 240 g/mol. The summed E-state index contributed by atoms with van der Waals surface area (Å²) in [5.74, 6) is 6.10. The molecule has 4 nitrogen and oxygen atoms in total. The highest BCUT2D eigenvalue weighted by atomic mass is 16.5. The van der Waals surface area contributed by atoms with Crippen LogP contribution in [0.15, 0.2) is 24.3 Å². The lowest BCUT2D eigenvalue weighted by Crippen LogP contribution is -2.42. The van der Waals surface area contributed by atoms with Crippen molar-refractivity contribution >= 4 is 5.91 Å². The number of hydrogen-bond acceptors (Lipinski definition) is 3. The van der Waals surface area contributed by atoms with E-state index in [2.05, 4.69) is 19.3 Å². The molecule has 0 spiro atoms. The first-order chi connectivity index (χ1) is 9.13. The number of rotatable bonds is 7. The topological polar surface area (TPSA) is 64.3 Å². The maximum atomic E-state index is 11.7. The van der Waals surface area contributed by atoms with Crippen LogP contribution in [0.25, 0.3) is 0 Å². The third-order valence-electron chi connectivity index (χ3n) is 3.32. The van der Waals surface area contributed by atoms with Gasteiger partial charge in [-0.2, -0.15) is 0 Å². The molecule has 2 unspecified atom stereocenters. The quantitative estimate of drug-likeness (QED) is 0.452. The van der Waals surface area contributed by atoms with Crippen LogP contribution in [0.2, 0.25) is 0 Å². The predicted molar refractivity (Wildman–Crippen MR) is 76.8 cm³/mol. The van der Waals surface area contributed by atoms with Crippen LogP contribution in [0, 0.1) is 0 Å². The maximum absolute atomic E-state index is 11.7. The molecule has 0 bridgehead atoms. The number of carbonyl (C=O) groups excluding carboxylic acids is 1. The van der Waals surface area contributed by atoms with Crippen LogP contribution in [0.4, 0.5) is 0 Å². The summed E-state index contributed by atoms with van der Waals surface area (Å²) < 4.78 is 5.87. The number of nitrogens with one attached hydrogen (secondary N) is 1. The molecular formula is C15H24N2O2. The zero-order chi connectivity index (χ0) is 14.3. The Hall–Kier alpha value is -1.55. The molecule has 1 aromatic rings. The van der Waals surface area contributed by atoms with Crippen molar-refractivity contribution in [3.8, 4) is 5.75 Å². The fourth-order valence-electron chi connectivity index (χ4n) is 1.97. The molecule has 0 heterocycles. The van der Waals surface area contributed by atoms with Crippen LogP contribution >= 0.6 is 0 Å². The molecule has 2 atom stereocenters. The molecule has 0 aliphatic carbocycles. The molecule has 106 valence electrons. The highest BCUT2D eigenvalue weighted by molar-refractivity contribution is 5.80. The van der Waals surface area contributed by atoms with E-state index in [4.69, 9.17) is 10.6 Å². The van der Waals surface area contributed by atoms with Gasteiger partial charge < -0.3 is 4.74 Å². The number of ether oxygens (including phenoxy) is 1. The molecule has 1 amide bonds. The Kier molecular flexibility index (Phi) is 6.36. The van der Waals surface area contributed by atoms with Crippen molar-refractivity contribution in [3.63, 3.8) is 0 Å². The number of hydrazine groups is 1. The predicted octanol–water partition coefficient (Wildman–Crippen LogP) is 2.74. The molecule has 0 radical (unpaired) electrons. The van der Waals surface area contributed by atoms with E-state index in [9.17, 15) is 4.79 Å².